The molecule has 0 heterocycles. The third-order valence-corrected chi connectivity index (χ3v) is 3.73. The zero-order valence-corrected chi connectivity index (χ0v) is 7.46. The molecule has 0 aromatic carbocycles. The van der Waals surface area contributed by atoms with Crippen molar-refractivity contribution in [2.45, 2.75) is 19.6 Å². The van der Waals surface area contributed by atoms with Gasteiger partial charge in [-0.15, -0.1) is 0 Å². The van der Waals surface area contributed by atoms with E-state index in [4.69, 9.17) is 0 Å². The molecule has 0 amide bonds. The number of nitrogens with zero attached hydrogens (tertiary/aromatic N) is 1. The van der Waals surface area contributed by atoms with Gasteiger partial charge in [0.1, 0.15) is 0 Å². The van der Waals surface area contributed by atoms with Crippen LogP contribution in [-0.2, 0) is 0 Å². The molecule has 0 aromatic heterocycles. The fourth-order valence-electron chi connectivity index (χ4n) is 0.540. The molecule has 1 nitrogen and oxygen atoms in total. The minimum absolute atomic E-state index is 0.264. The average molecular weight is 160 g/mol. The first kappa shape index (κ1) is 7.50. The first-order valence-corrected chi connectivity index (χ1v) is 5.81. The van der Waals surface area contributed by atoms with Crippen LogP contribution in [0.2, 0.25) is 5.76 Å². The molecule has 0 aromatic rings. The van der Waals surface area contributed by atoms with E-state index in [0.717, 1.165) is 0 Å². The van der Waals surface area contributed by atoms with E-state index in [-0.39, 0.29) is 15.7 Å². The first-order chi connectivity index (χ1) is 3.35. The second-order valence-corrected chi connectivity index (χ2v) is 3.66. The van der Waals surface area contributed by atoms with Crippen LogP contribution >= 0.6 is 0 Å². The van der Waals surface area contributed by atoms with Crippen LogP contribution in [0.5, 0.6) is 0 Å². The second-order valence-electron chi connectivity index (χ2n) is 1.40. The van der Waals surface area contributed by atoms with Crippen molar-refractivity contribution in [3.05, 3.63) is 0 Å². The molecule has 2 radical (unpaired) electrons. The Balaban J connectivity index is 2.99. The van der Waals surface area contributed by atoms with Gasteiger partial charge in [-0.3, -0.25) is 0 Å². The summed E-state index contributed by atoms with van der Waals surface area (Å²) in [7, 11) is 0. The van der Waals surface area contributed by atoms with Gasteiger partial charge in [0.25, 0.3) is 0 Å². The summed E-state index contributed by atoms with van der Waals surface area (Å²) in [6.07, 6.45) is 0. The Morgan fingerprint density at radius 1 is 1.29 bits per heavy atom. The van der Waals surface area contributed by atoms with Gasteiger partial charge < -0.3 is 0 Å². The molecule has 0 saturated carbocycles. The van der Waals surface area contributed by atoms with Crippen LogP contribution < -0.4 is 0 Å². The van der Waals surface area contributed by atoms with Crippen molar-refractivity contribution >= 4 is 15.7 Å². The summed E-state index contributed by atoms with van der Waals surface area (Å²) in [5, 5.41) is 0. The molecule has 0 aliphatic rings. The molecule has 0 fully saturated rings. The predicted molar refractivity (Wildman–Crippen MR) is 34.5 cm³/mol. The molecule has 0 unspecified atom stereocenters. The molecule has 0 atom stereocenters. The molecular formula is C5H13GeN. The van der Waals surface area contributed by atoms with E-state index >= 15 is 0 Å². The normalized spacial score (nSPS) is 10.3. The standard InChI is InChI=1S/C5H13GeN/c1-4-7(5-2)6-3/h4-5H2,1-3H3. The van der Waals surface area contributed by atoms with E-state index in [1.807, 2.05) is 0 Å². The van der Waals surface area contributed by atoms with E-state index in [1.54, 1.807) is 0 Å². The topological polar surface area (TPSA) is 3.24 Å². The van der Waals surface area contributed by atoms with E-state index in [9.17, 15) is 0 Å². The van der Waals surface area contributed by atoms with Gasteiger partial charge in [0, 0.05) is 0 Å². The Bertz CT molecular complexity index is 29.6. The fourth-order valence-corrected chi connectivity index (χ4v) is 1.87. The van der Waals surface area contributed by atoms with Crippen LogP contribution in [-0.4, -0.2) is 32.6 Å². The molecule has 0 N–H and O–H groups in total. The number of hydrogen-bond acceptors (Lipinski definition) is 1. The van der Waals surface area contributed by atoms with Gasteiger partial charge in [0.2, 0.25) is 0 Å². The Morgan fingerprint density at radius 2 is 1.71 bits per heavy atom. The Kier molecular flexibility index (Phi) is 4.99. The summed E-state index contributed by atoms with van der Waals surface area (Å²) in [5.74, 6) is 2.31. The minimum atomic E-state index is 0.264. The molecule has 2 heteroatoms. The van der Waals surface area contributed by atoms with Crippen molar-refractivity contribution in [3.63, 3.8) is 0 Å². The molecule has 0 saturated heterocycles. The van der Waals surface area contributed by atoms with Crippen LogP contribution in [0.3, 0.4) is 0 Å². The van der Waals surface area contributed by atoms with E-state index < -0.39 is 0 Å². The molecule has 0 aliphatic heterocycles. The van der Waals surface area contributed by atoms with E-state index in [1.165, 1.54) is 13.1 Å². The van der Waals surface area contributed by atoms with Crippen LogP contribution in [0.25, 0.3) is 0 Å². The quantitative estimate of drug-likeness (QED) is 0.556. The summed E-state index contributed by atoms with van der Waals surface area (Å²) in [4.78, 5) is 0. The summed E-state index contributed by atoms with van der Waals surface area (Å²) >= 11 is 0.264. The van der Waals surface area contributed by atoms with Gasteiger partial charge in [0.05, 0.1) is 0 Å². The SMILES string of the molecule is CC[N](CC)[Ge][CH3]. The van der Waals surface area contributed by atoms with E-state index in [0.29, 0.717) is 0 Å². The first-order valence-electron chi connectivity index (χ1n) is 2.77. The van der Waals surface area contributed by atoms with Crippen molar-refractivity contribution in [1.29, 1.82) is 0 Å². The number of hydrogen-bond donors (Lipinski definition) is 0. The molecule has 0 aliphatic carbocycles. The van der Waals surface area contributed by atoms with Gasteiger partial charge in [-0.2, -0.15) is 0 Å². The summed E-state index contributed by atoms with van der Waals surface area (Å²) in [6, 6.07) is 0. The van der Waals surface area contributed by atoms with Gasteiger partial charge in [-0.05, 0) is 0 Å². The summed E-state index contributed by atoms with van der Waals surface area (Å²) in [5.41, 5.74) is 0. The maximum atomic E-state index is 2.50. The summed E-state index contributed by atoms with van der Waals surface area (Å²) in [6.45, 7) is 6.92. The molecule has 0 bridgehead atoms. The molecular weight excluding hydrogens is 147 g/mol. The van der Waals surface area contributed by atoms with E-state index in [2.05, 4.69) is 23.5 Å². The number of rotatable bonds is 3. The van der Waals surface area contributed by atoms with Crippen LogP contribution in [0.1, 0.15) is 13.8 Å². The predicted octanol–water partition coefficient (Wildman–Crippen LogP) is 0.995. The van der Waals surface area contributed by atoms with Crippen LogP contribution in [0.15, 0.2) is 0 Å². The molecule has 0 spiro atoms. The zero-order chi connectivity index (χ0) is 5.70. The van der Waals surface area contributed by atoms with Crippen molar-refractivity contribution in [2.75, 3.05) is 13.1 Å². The van der Waals surface area contributed by atoms with Crippen LogP contribution in [0, 0.1) is 0 Å². The maximum absolute atomic E-state index is 2.50. The zero-order valence-electron chi connectivity index (χ0n) is 5.36. The summed E-state index contributed by atoms with van der Waals surface area (Å²) < 4.78 is 2.50. The molecule has 0 rings (SSSR count). The van der Waals surface area contributed by atoms with Crippen molar-refractivity contribution in [1.82, 2.24) is 3.86 Å². The second kappa shape index (κ2) is 4.66. The third-order valence-electron chi connectivity index (χ3n) is 1.08. The fraction of sp³-hybridized carbons (Fsp3) is 1.00. The van der Waals surface area contributed by atoms with Gasteiger partial charge in [-0.25, -0.2) is 0 Å². The van der Waals surface area contributed by atoms with Crippen molar-refractivity contribution in [3.8, 4) is 0 Å². The monoisotopic (exact) mass is 161 g/mol. The Hall–Kier alpha value is 0.503. The van der Waals surface area contributed by atoms with Gasteiger partial charge in [0.15, 0.2) is 0 Å². The Morgan fingerprint density at radius 3 is 1.71 bits per heavy atom. The Labute approximate surface area is 52.8 Å². The molecule has 42 valence electrons. The van der Waals surface area contributed by atoms with Crippen molar-refractivity contribution < 1.29 is 0 Å². The van der Waals surface area contributed by atoms with Gasteiger partial charge in [-0.1, -0.05) is 0 Å². The van der Waals surface area contributed by atoms with Crippen molar-refractivity contribution in [2.24, 2.45) is 0 Å². The average Bonchev–Trinajstić information content (AvgIpc) is 1.72. The van der Waals surface area contributed by atoms with Gasteiger partial charge >= 0.3 is 52.2 Å². The molecule has 7 heavy (non-hydrogen) atoms. The third kappa shape index (κ3) is 3.12. The van der Waals surface area contributed by atoms with Crippen LogP contribution in [0.4, 0.5) is 0 Å².